The molecule has 2 aliphatic heterocycles. The summed E-state index contributed by atoms with van der Waals surface area (Å²) in [6.07, 6.45) is 0.754. The van der Waals surface area contributed by atoms with Crippen molar-refractivity contribution in [3.63, 3.8) is 0 Å². The molecule has 1 unspecified atom stereocenters. The molecule has 0 aliphatic carbocycles. The fourth-order valence-corrected chi connectivity index (χ4v) is 4.28. The maximum Gasteiger partial charge on any atom is 0.271 e. The van der Waals surface area contributed by atoms with Gasteiger partial charge in [0.2, 0.25) is 0 Å². The summed E-state index contributed by atoms with van der Waals surface area (Å²) in [6.45, 7) is 4.86. The van der Waals surface area contributed by atoms with E-state index in [4.69, 9.17) is 4.74 Å². The molecule has 2 aromatic rings. The quantitative estimate of drug-likeness (QED) is 0.416. The van der Waals surface area contributed by atoms with Crippen molar-refractivity contribution in [1.29, 1.82) is 0 Å². The van der Waals surface area contributed by atoms with Crippen LogP contribution in [0.3, 0.4) is 0 Å². The Morgan fingerprint density at radius 3 is 2.50 bits per heavy atom. The Labute approximate surface area is 200 Å². The summed E-state index contributed by atoms with van der Waals surface area (Å²) < 4.78 is 5.28. The van der Waals surface area contributed by atoms with Crippen molar-refractivity contribution >= 4 is 30.9 Å². The number of rotatable bonds is 8. The maximum atomic E-state index is 13.1. The molecule has 178 valence electrons. The van der Waals surface area contributed by atoms with Crippen LogP contribution in [-0.2, 0) is 0 Å². The molecule has 2 aliphatic rings. The molecule has 1 atom stereocenters. The normalized spacial score (nSPS) is 16.0. The molecule has 0 spiro atoms. The molecule has 34 heavy (non-hydrogen) atoms. The van der Waals surface area contributed by atoms with Crippen molar-refractivity contribution in [2.75, 3.05) is 44.7 Å². The number of hydrogen-bond acceptors (Lipinski definition) is 7. The highest BCUT2D eigenvalue weighted by atomic mass is 16.5. The second-order valence-corrected chi connectivity index (χ2v) is 8.79. The zero-order valence-corrected chi connectivity index (χ0v) is 19.9. The third-order valence-electron chi connectivity index (χ3n) is 6.43. The highest BCUT2D eigenvalue weighted by molar-refractivity contribution is 6.36. The third kappa shape index (κ3) is 5.06. The molecular formula is C24H30BN5O4. The molecule has 1 aromatic carbocycles. The molecule has 0 saturated carbocycles. The Morgan fingerprint density at radius 2 is 1.88 bits per heavy atom. The molecule has 9 nitrogen and oxygen atoms in total. The summed E-state index contributed by atoms with van der Waals surface area (Å²) in [5, 5.41) is 20.7. The number of aliphatic hydroxyl groups is 1. The second-order valence-electron chi connectivity index (χ2n) is 8.79. The van der Waals surface area contributed by atoms with Crippen LogP contribution in [0, 0.1) is 0 Å². The van der Waals surface area contributed by atoms with E-state index in [1.165, 1.54) is 11.1 Å². The van der Waals surface area contributed by atoms with Crippen molar-refractivity contribution in [3.05, 3.63) is 52.7 Å². The van der Waals surface area contributed by atoms with E-state index in [2.05, 4.69) is 20.4 Å². The third-order valence-corrected chi connectivity index (χ3v) is 6.43. The Balaban J connectivity index is 1.31. The molecule has 10 heteroatoms. The molecular weight excluding hydrogens is 433 g/mol. The van der Waals surface area contributed by atoms with Gasteiger partial charge in [0, 0.05) is 38.3 Å². The number of benzene rings is 1. The van der Waals surface area contributed by atoms with Gasteiger partial charge in [0.15, 0.2) is 11.5 Å². The Morgan fingerprint density at radius 1 is 1.15 bits per heavy atom. The average Bonchev–Trinajstić information content (AvgIpc) is 3.43. The number of carbonyl (C=O) groups is 2. The lowest BCUT2D eigenvalue weighted by Gasteiger charge is -2.24. The van der Waals surface area contributed by atoms with E-state index in [1.807, 2.05) is 31.8 Å². The topological polar surface area (TPSA) is 108 Å². The molecule has 0 radical (unpaired) electrons. The summed E-state index contributed by atoms with van der Waals surface area (Å²) >= 11 is 0. The van der Waals surface area contributed by atoms with Crippen LogP contribution in [0.4, 0.5) is 5.82 Å². The number of aliphatic hydroxyl groups excluding tert-OH is 1. The largest absolute Gasteiger partial charge is 0.497 e. The van der Waals surface area contributed by atoms with E-state index >= 15 is 0 Å². The summed E-state index contributed by atoms with van der Waals surface area (Å²) in [5.74, 6) is 1.09. The van der Waals surface area contributed by atoms with E-state index in [1.54, 1.807) is 25.3 Å². The average molecular weight is 463 g/mol. The van der Waals surface area contributed by atoms with Crippen molar-refractivity contribution in [1.82, 2.24) is 20.4 Å². The van der Waals surface area contributed by atoms with E-state index < -0.39 is 6.10 Å². The molecule has 2 amide bonds. The number of methoxy groups -OCH3 is 1. The van der Waals surface area contributed by atoms with E-state index in [0.717, 1.165) is 5.46 Å². The number of hydrogen-bond donors (Lipinski definition) is 2. The van der Waals surface area contributed by atoms with Crippen molar-refractivity contribution < 1.29 is 19.4 Å². The Bertz CT molecular complexity index is 1090. The number of anilines is 1. The molecule has 1 aromatic heterocycles. The van der Waals surface area contributed by atoms with Crippen LogP contribution >= 0.6 is 0 Å². The van der Waals surface area contributed by atoms with E-state index in [0.29, 0.717) is 62.7 Å². The van der Waals surface area contributed by atoms with Crippen molar-refractivity contribution in [3.8, 4) is 5.75 Å². The monoisotopic (exact) mass is 463 g/mol. The Kier molecular flexibility index (Phi) is 7.16. The van der Waals surface area contributed by atoms with Crippen LogP contribution in [0.1, 0.15) is 40.6 Å². The Hall–Kier alpha value is -3.40. The minimum absolute atomic E-state index is 0.0129. The number of aromatic nitrogens is 2. The number of amides is 2. The lowest BCUT2D eigenvalue weighted by Crippen LogP contribution is -2.36. The molecule has 0 saturated heterocycles. The zero-order valence-electron chi connectivity index (χ0n) is 19.9. The van der Waals surface area contributed by atoms with Gasteiger partial charge in [-0.1, -0.05) is 18.5 Å². The van der Waals surface area contributed by atoms with Gasteiger partial charge in [-0.15, -0.1) is 10.2 Å². The number of carbonyl (C=O) groups excluding carboxylic acids is 2. The molecule has 4 rings (SSSR count). The van der Waals surface area contributed by atoms with E-state index in [9.17, 15) is 14.7 Å². The predicted molar refractivity (Wildman–Crippen MR) is 132 cm³/mol. The van der Waals surface area contributed by atoms with Gasteiger partial charge in [0.05, 0.1) is 13.2 Å². The standard InChI is InChI=1S/C24H30BN5O4/c1-3-17(31)8-9-26-23(32)21-6-7-22(28-27-21)29-11-15-13-30(14-16(15)12-29)24(33)19-10-18(34-2)4-5-20(19)25/h4-7,10,17,31H,3,8-9,11-14,25H2,1-2H3,(H,26,32). The van der Waals surface area contributed by atoms with Crippen LogP contribution in [0.5, 0.6) is 5.75 Å². The maximum absolute atomic E-state index is 13.1. The highest BCUT2D eigenvalue weighted by Gasteiger charge is 2.33. The first-order chi connectivity index (χ1) is 16.4. The fraction of sp³-hybridized carbons (Fsp3) is 0.417. The predicted octanol–water partition coefficient (Wildman–Crippen LogP) is -0.0930. The molecule has 0 bridgehead atoms. The lowest BCUT2D eigenvalue weighted by atomic mass is 9.89. The van der Waals surface area contributed by atoms with Crippen LogP contribution < -0.4 is 20.4 Å². The first-order valence-corrected chi connectivity index (χ1v) is 11.6. The SMILES string of the molecule is Bc1ccc(OC)cc1C(=O)N1CC2=C(C1)CN(c1ccc(C(=O)NCCC(O)CC)nn1)C2. The van der Waals surface area contributed by atoms with Crippen molar-refractivity contribution in [2.24, 2.45) is 0 Å². The van der Waals surface area contributed by atoms with Crippen molar-refractivity contribution in [2.45, 2.75) is 25.9 Å². The van der Waals surface area contributed by atoms with Gasteiger partial charge >= 0.3 is 0 Å². The summed E-state index contributed by atoms with van der Waals surface area (Å²) in [5.41, 5.74) is 4.31. The van der Waals surface area contributed by atoms with Crippen LogP contribution in [0.2, 0.25) is 0 Å². The van der Waals surface area contributed by atoms with Gasteiger partial charge in [-0.2, -0.15) is 0 Å². The van der Waals surface area contributed by atoms with Crippen LogP contribution in [-0.4, -0.2) is 85.8 Å². The first kappa shape index (κ1) is 23.8. The molecule has 3 heterocycles. The molecule has 2 N–H and O–H groups in total. The van der Waals surface area contributed by atoms with Gasteiger partial charge in [-0.3, -0.25) is 9.59 Å². The fourth-order valence-electron chi connectivity index (χ4n) is 4.28. The highest BCUT2D eigenvalue weighted by Crippen LogP contribution is 2.29. The van der Waals surface area contributed by atoms with Crippen LogP contribution in [0.15, 0.2) is 41.5 Å². The number of nitrogens with zero attached hydrogens (tertiary/aromatic N) is 4. The van der Waals surface area contributed by atoms with Crippen LogP contribution in [0.25, 0.3) is 0 Å². The second kappa shape index (κ2) is 10.3. The van der Waals surface area contributed by atoms with Gasteiger partial charge in [-0.05, 0) is 48.3 Å². The first-order valence-electron chi connectivity index (χ1n) is 11.6. The number of nitrogens with one attached hydrogen (secondary N) is 1. The van der Waals surface area contributed by atoms with Gasteiger partial charge in [0.25, 0.3) is 11.8 Å². The lowest BCUT2D eigenvalue weighted by molar-refractivity contribution is 0.0795. The smallest absolute Gasteiger partial charge is 0.271 e. The van der Waals surface area contributed by atoms with E-state index in [-0.39, 0.29) is 17.5 Å². The zero-order chi connectivity index (χ0) is 24.2. The van der Waals surface area contributed by atoms with Gasteiger partial charge < -0.3 is 25.0 Å². The number of ether oxygens (including phenoxy) is 1. The summed E-state index contributed by atoms with van der Waals surface area (Å²) in [7, 11) is 3.53. The van der Waals surface area contributed by atoms with Gasteiger partial charge in [-0.25, -0.2) is 0 Å². The summed E-state index contributed by atoms with van der Waals surface area (Å²) in [6, 6.07) is 9.03. The minimum atomic E-state index is -0.413. The van der Waals surface area contributed by atoms with Gasteiger partial charge in [0.1, 0.15) is 13.6 Å². The molecule has 0 fully saturated rings. The summed E-state index contributed by atoms with van der Waals surface area (Å²) in [4.78, 5) is 29.3. The minimum Gasteiger partial charge on any atom is -0.497 e.